The van der Waals surface area contributed by atoms with E-state index in [1.807, 2.05) is 6.92 Å². The summed E-state index contributed by atoms with van der Waals surface area (Å²) in [4.78, 5) is 0.242. The summed E-state index contributed by atoms with van der Waals surface area (Å²) < 4.78 is 33.1. The molecule has 2 N–H and O–H groups in total. The highest BCUT2D eigenvalue weighted by Crippen LogP contribution is 2.27. The molecule has 1 saturated heterocycles. The molecule has 0 saturated carbocycles. The van der Waals surface area contributed by atoms with Gasteiger partial charge in [0.05, 0.1) is 16.0 Å². The fourth-order valence-corrected chi connectivity index (χ4v) is 3.90. The minimum Gasteiger partial charge on any atom is -0.493 e. The van der Waals surface area contributed by atoms with Crippen LogP contribution in [0.5, 0.6) is 5.75 Å². The van der Waals surface area contributed by atoms with Crippen LogP contribution < -0.4 is 14.8 Å². The second-order valence-electron chi connectivity index (χ2n) is 4.67. The van der Waals surface area contributed by atoms with Gasteiger partial charge in [-0.2, -0.15) is 0 Å². The van der Waals surface area contributed by atoms with Crippen LogP contribution in [0.15, 0.2) is 27.6 Å². The molecular formula is C13H19BrN2O3S. The van der Waals surface area contributed by atoms with E-state index in [1.165, 1.54) is 0 Å². The van der Waals surface area contributed by atoms with Crippen molar-refractivity contribution in [3.05, 3.63) is 22.7 Å². The van der Waals surface area contributed by atoms with E-state index in [0.717, 1.165) is 19.4 Å². The first-order chi connectivity index (χ1) is 9.53. The Kier molecular flexibility index (Phi) is 5.42. The van der Waals surface area contributed by atoms with Crippen LogP contribution in [-0.4, -0.2) is 34.2 Å². The normalized spacial score (nSPS) is 19.2. The number of hydrogen-bond donors (Lipinski definition) is 2. The quantitative estimate of drug-likeness (QED) is 0.810. The van der Waals surface area contributed by atoms with Gasteiger partial charge in [0.2, 0.25) is 10.0 Å². The van der Waals surface area contributed by atoms with Crippen LogP contribution in [0.2, 0.25) is 0 Å². The molecule has 2 rings (SSSR count). The Labute approximate surface area is 128 Å². The van der Waals surface area contributed by atoms with Gasteiger partial charge in [0.15, 0.2) is 0 Å². The molecule has 0 amide bonds. The second kappa shape index (κ2) is 6.89. The molecule has 20 heavy (non-hydrogen) atoms. The van der Waals surface area contributed by atoms with E-state index in [1.54, 1.807) is 18.2 Å². The topological polar surface area (TPSA) is 67.4 Å². The number of rotatable bonds is 6. The van der Waals surface area contributed by atoms with Crippen molar-refractivity contribution in [3.8, 4) is 5.75 Å². The van der Waals surface area contributed by atoms with Crippen molar-refractivity contribution < 1.29 is 13.2 Å². The van der Waals surface area contributed by atoms with E-state index in [9.17, 15) is 8.42 Å². The molecule has 112 valence electrons. The average molecular weight is 363 g/mol. The Morgan fingerprint density at radius 3 is 2.90 bits per heavy atom. The first-order valence-electron chi connectivity index (χ1n) is 6.68. The van der Waals surface area contributed by atoms with Crippen molar-refractivity contribution in [2.45, 2.75) is 30.7 Å². The van der Waals surface area contributed by atoms with Crippen molar-refractivity contribution in [1.29, 1.82) is 0 Å². The molecule has 0 radical (unpaired) electrons. The predicted molar refractivity (Wildman–Crippen MR) is 81.5 cm³/mol. The van der Waals surface area contributed by atoms with E-state index in [0.29, 0.717) is 23.4 Å². The summed E-state index contributed by atoms with van der Waals surface area (Å²) in [7, 11) is -3.48. The summed E-state index contributed by atoms with van der Waals surface area (Å²) in [6.07, 6.45) is 2.11. The van der Waals surface area contributed by atoms with Gasteiger partial charge in [-0.15, -0.1) is 0 Å². The van der Waals surface area contributed by atoms with Gasteiger partial charge in [0.25, 0.3) is 0 Å². The molecule has 1 aromatic carbocycles. The van der Waals surface area contributed by atoms with Crippen molar-refractivity contribution in [1.82, 2.24) is 10.0 Å². The molecule has 1 aliphatic rings. The summed E-state index contributed by atoms with van der Waals surface area (Å²) in [6, 6.07) is 5.02. The van der Waals surface area contributed by atoms with Crippen LogP contribution in [0.1, 0.15) is 19.8 Å². The van der Waals surface area contributed by atoms with Gasteiger partial charge in [-0.3, -0.25) is 0 Å². The van der Waals surface area contributed by atoms with Gasteiger partial charge < -0.3 is 10.1 Å². The van der Waals surface area contributed by atoms with Crippen molar-refractivity contribution in [3.63, 3.8) is 0 Å². The molecular weight excluding hydrogens is 344 g/mol. The number of hydrogen-bond acceptors (Lipinski definition) is 4. The fraction of sp³-hybridized carbons (Fsp3) is 0.538. The molecule has 0 bridgehead atoms. The SMILES string of the molecule is CCOc1ccc(S(=O)(=O)NCC2CCCN2)cc1Br. The number of halogens is 1. The first-order valence-corrected chi connectivity index (χ1v) is 8.96. The monoisotopic (exact) mass is 362 g/mol. The van der Waals surface area contributed by atoms with Gasteiger partial charge in [0.1, 0.15) is 5.75 Å². The van der Waals surface area contributed by atoms with Crippen molar-refractivity contribution in [2.75, 3.05) is 19.7 Å². The van der Waals surface area contributed by atoms with Crippen LogP contribution in [0.25, 0.3) is 0 Å². The van der Waals surface area contributed by atoms with Gasteiger partial charge in [-0.05, 0) is 60.4 Å². The zero-order chi connectivity index (χ0) is 14.6. The number of ether oxygens (including phenoxy) is 1. The Balaban J connectivity index is 2.06. The molecule has 0 aliphatic carbocycles. The van der Waals surface area contributed by atoms with Crippen molar-refractivity contribution >= 4 is 26.0 Å². The molecule has 5 nitrogen and oxygen atoms in total. The smallest absolute Gasteiger partial charge is 0.240 e. The molecule has 0 aromatic heterocycles. The minimum atomic E-state index is -3.48. The third-order valence-corrected chi connectivity index (χ3v) is 5.24. The standard InChI is InChI=1S/C13H19BrN2O3S/c1-2-19-13-6-5-11(8-12(13)14)20(17,18)16-9-10-4-3-7-15-10/h5-6,8,10,15-16H,2-4,7,9H2,1H3. The van der Waals surface area contributed by atoms with E-state index in [2.05, 4.69) is 26.0 Å². The molecule has 0 spiro atoms. The fourth-order valence-electron chi connectivity index (χ4n) is 2.15. The summed E-state index contributed by atoms with van der Waals surface area (Å²) in [5.74, 6) is 0.643. The lowest BCUT2D eigenvalue weighted by molar-refractivity contribution is 0.338. The number of benzene rings is 1. The van der Waals surface area contributed by atoms with E-state index < -0.39 is 10.0 Å². The predicted octanol–water partition coefficient (Wildman–Crippen LogP) is 1.88. The Hall–Kier alpha value is -0.630. The summed E-state index contributed by atoms with van der Waals surface area (Å²) in [6.45, 7) is 3.80. The molecule has 1 aliphatic heterocycles. The zero-order valence-electron chi connectivity index (χ0n) is 11.4. The maximum absolute atomic E-state index is 12.2. The summed E-state index contributed by atoms with van der Waals surface area (Å²) in [5.41, 5.74) is 0. The van der Waals surface area contributed by atoms with E-state index in [-0.39, 0.29) is 10.9 Å². The first kappa shape index (κ1) is 15.8. The minimum absolute atomic E-state index is 0.232. The van der Waals surface area contributed by atoms with Crippen LogP contribution in [0.3, 0.4) is 0 Å². The summed E-state index contributed by atoms with van der Waals surface area (Å²) >= 11 is 3.33. The Morgan fingerprint density at radius 2 is 2.30 bits per heavy atom. The second-order valence-corrected chi connectivity index (χ2v) is 7.29. The highest BCUT2D eigenvalue weighted by Gasteiger charge is 2.20. The Bertz CT molecular complexity index is 557. The third kappa shape index (κ3) is 3.94. The molecule has 1 fully saturated rings. The maximum Gasteiger partial charge on any atom is 0.240 e. The number of sulfonamides is 1. The lowest BCUT2D eigenvalue weighted by Crippen LogP contribution is -2.37. The zero-order valence-corrected chi connectivity index (χ0v) is 13.8. The van der Waals surface area contributed by atoms with Crippen molar-refractivity contribution in [2.24, 2.45) is 0 Å². The van der Waals surface area contributed by atoms with Gasteiger partial charge in [-0.1, -0.05) is 0 Å². The number of nitrogens with one attached hydrogen (secondary N) is 2. The van der Waals surface area contributed by atoms with Gasteiger partial charge >= 0.3 is 0 Å². The van der Waals surface area contributed by atoms with Gasteiger partial charge in [-0.25, -0.2) is 13.1 Å². The highest BCUT2D eigenvalue weighted by atomic mass is 79.9. The molecule has 7 heteroatoms. The lowest BCUT2D eigenvalue weighted by atomic mass is 10.2. The van der Waals surface area contributed by atoms with Gasteiger partial charge in [0, 0.05) is 12.6 Å². The third-order valence-electron chi connectivity index (χ3n) is 3.20. The largest absolute Gasteiger partial charge is 0.493 e. The molecule has 1 unspecified atom stereocenters. The van der Waals surface area contributed by atoms with E-state index >= 15 is 0 Å². The van der Waals surface area contributed by atoms with Crippen LogP contribution >= 0.6 is 15.9 Å². The maximum atomic E-state index is 12.2. The van der Waals surface area contributed by atoms with Crippen LogP contribution in [0.4, 0.5) is 0 Å². The lowest BCUT2D eigenvalue weighted by Gasteiger charge is -2.13. The van der Waals surface area contributed by atoms with Crippen LogP contribution in [0, 0.1) is 0 Å². The van der Waals surface area contributed by atoms with E-state index in [4.69, 9.17) is 4.74 Å². The summed E-state index contributed by atoms with van der Waals surface area (Å²) in [5, 5.41) is 3.26. The molecule has 1 heterocycles. The van der Waals surface area contributed by atoms with Crippen LogP contribution in [-0.2, 0) is 10.0 Å². The Morgan fingerprint density at radius 1 is 1.50 bits per heavy atom. The highest BCUT2D eigenvalue weighted by molar-refractivity contribution is 9.10. The molecule has 1 aromatic rings. The average Bonchev–Trinajstić information content (AvgIpc) is 2.92. The molecule has 1 atom stereocenters.